The minimum absolute atomic E-state index is 0.359. The topological polar surface area (TPSA) is 92.4 Å². The van der Waals surface area contributed by atoms with E-state index in [1.54, 1.807) is 12.4 Å². The fourth-order valence-electron chi connectivity index (χ4n) is 1.61. The number of aromatic nitrogens is 2. The standard InChI is InChI=1S/C8H12BrN5O2S/c9-7-5-11-8(12-6-7)13-1-3-14(4-2-13)17(10,15)16/h5-6H,1-4H2,(H2,10,15,16). The first kappa shape index (κ1) is 12.7. The van der Waals surface area contributed by atoms with Gasteiger partial charge in [0.2, 0.25) is 5.95 Å². The van der Waals surface area contributed by atoms with Gasteiger partial charge in [-0.3, -0.25) is 0 Å². The number of rotatable bonds is 2. The van der Waals surface area contributed by atoms with Gasteiger partial charge in [0.1, 0.15) is 0 Å². The van der Waals surface area contributed by atoms with Crippen molar-refractivity contribution in [3.05, 3.63) is 16.9 Å². The van der Waals surface area contributed by atoms with E-state index in [-0.39, 0.29) is 0 Å². The van der Waals surface area contributed by atoms with Gasteiger partial charge in [0, 0.05) is 38.6 Å². The molecule has 0 aromatic carbocycles. The van der Waals surface area contributed by atoms with E-state index in [9.17, 15) is 8.42 Å². The normalized spacial score (nSPS) is 18.4. The lowest BCUT2D eigenvalue weighted by Gasteiger charge is -2.32. The molecule has 0 atom stereocenters. The zero-order chi connectivity index (χ0) is 12.5. The van der Waals surface area contributed by atoms with Gasteiger partial charge in [-0.15, -0.1) is 0 Å². The Morgan fingerprint density at radius 1 is 1.18 bits per heavy atom. The first-order valence-electron chi connectivity index (χ1n) is 4.97. The number of hydrogen-bond acceptors (Lipinski definition) is 5. The number of hydrogen-bond donors (Lipinski definition) is 1. The monoisotopic (exact) mass is 321 g/mol. The molecule has 0 aliphatic carbocycles. The van der Waals surface area contributed by atoms with Crippen LogP contribution in [0.1, 0.15) is 0 Å². The van der Waals surface area contributed by atoms with Gasteiger partial charge in [-0.2, -0.15) is 12.7 Å². The number of halogens is 1. The van der Waals surface area contributed by atoms with Gasteiger partial charge < -0.3 is 4.90 Å². The summed E-state index contributed by atoms with van der Waals surface area (Å²) in [5.41, 5.74) is 0. The summed E-state index contributed by atoms with van der Waals surface area (Å²) >= 11 is 3.26. The van der Waals surface area contributed by atoms with Crippen LogP contribution < -0.4 is 10.0 Å². The van der Waals surface area contributed by atoms with Crippen molar-refractivity contribution < 1.29 is 8.42 Å². The minimum Gasteiger partial charge on any atom is -0.338 e. The highest BCUT2D eigenvalue weighted by Crippen LogP contribution is 2.13. The average molecular weight is 322 g/mol. The number of nitrogens with zero attached hydrogens (tertiary/aromatic N) is 4. The summed E-state index contributed by atoms with van der Waals surface area (Å²) in [4.78, 5) is 10.2. The lowest BCUT2D eigenvalue weighted by Crippen LogP contribution is -2.51. The van der Waals surface area contributed by atoms with E-state index in [2.05, 4.69) is 25.9 Å². The highest BCUT2D eigenvalue weighted by Gasteiger charge is 2.24. The van der Waals surface area contributed by atoms with Crippen LogP contribution in [0.15, 0.2) is 16.9 Å². The quantitative estimate of drug-likeness (QED) is 0.797. The zero-order valence-electron chi connectivity index (χ0n) is 8.95. The van der Waals surface area contributed by atoms with Gasteiger partial charge in [-0.05, 0) is 15.9 Å². The summed E-state index contributed by atoms with van der Waals surface area (Å²) in [6.07, 6.45) is 3.32. The highest BCUT2D eigenvalue weighted by molar-refractivity contribution is 9.10. The lowest BCUT2D eigenvalue weighted by atomic mass is 10.4. The molecule has 2 rings (SSSR count). The van der Waals surface area contributed by atoms with Crippen molar-refractivity contribution in [3.63, 3.8) is 0 Å². The summed E-state index contributed by atoms with van der Waals surface area (Å²) in [6.45, 7) is 1.80. The fourth-order valence-corrected chi connectivity index (χ4v) is 2.49. The smallest absolute Gasteiger partial charge is 0.277 e. The molecular formula is C8H12BrN5O2S. The molecular weight excluding hydrogens is 310 g/mol. The summed E-state index contributed by atoms with van der Waals surface area (Å²) in [5, 5.41) is 5.06. The molecule has 0 saturated carbocycles. The Morgan fingerprint density at radius 2 is 1.71 bits per heavy atom. The fraction of sp³-hybridized carbons (Fsp3) is 0.500. The van der Waals surface area contributed by atoms with Crippen LogP contribution in [0.5, 0.6) is 0 Å². The van der Waals surface area contributed by atoms with Crippen LogP contribution in [0.2, 0.25) is 0 Å². The second-order valence-corrected chi connectivity index (χ2v) is 6.09. The van der Waals surface area contributed by atoms with Crippen LogP contribution >= 0.6 is 15.9 Å². The predicted molar refractivity (Wildman–Crippen MR) is 66.6 cm³/mol. The third-order valence-electron chi connectivity index (χ3n) is 2.49. The van der Waals surface area contributed by atoms with Gasteiger partial charge in [-0.1, -0.05) is 0 Å². The van der Waals surface area contributed by atoms with Crippen LogP contribution in [0.3, 0.4) is 0 Å². The van der Waals surface area contributed by atoms with Gasteiger partial charge in [0.05, 0.1) is 4.47 Å². The first-order chi connectivity index (χ1) is 7.97. The lowest BCUT2D eigenvalue weighted by molar-refractivity contribution is 0.383. The Hall–Kier alpha value is -0.770. The SMILES string of the molecule is NS(=O)(=O)N1CCN(c2ncc(Br)cn2)CC1. The van der Waals surface area contributed by atoms with Gasteiger partial charge in [0.25, 0.3) is 10.2 Å². The summed E-state index contributed by atoms with van der Waals surface area (Å²) in [6, 6.07) is 0. The van der Waals surface area contributed by atoms with Crippen molar-refractivity contribution in [2.45, 2.75) is 0 Å². The van der Waals surface area contributed by atoms with E-state index in [1.165, 1.54) is 4.31 Å². The van der Waals surface area contributed by atoms with Crippen molar-refractivity contribution in [3.8, 4) is 0 Å². The highest BCUT2D eigenvalue weighted by atomic mass is 79.9. The zero-order valence-corrected chi connectivity index (χ0v) is 11.4. The molecule has 0 unspecified atom stereocenters. The van der Waals surface area contributed by atoms with Crippen molar-refractivity contribution in [2.24, 2.45) is 5.14 Å². The van der Waals surface area contributed by atoms with Crippen LogP contribution in [0.4, 0.5) is 5.95 Å². The first-order valence-corrected chi connectivity index (χ1v) is 7.27. The van der Waals surface area contributed by atoms with Crippen molar-refractivity contribution in [2.75, 3.05) is 31.1 Å². The van der Waals surface area contributed by atoms with E-state index >= 15 is 0 Å². The van der Waals surface area contributed by atoms with Crippen molar-refractivity contribution in [1.82, 2.24) is 14.3 Å². The molecule has 2 heterocycles. The molecule has 0 amide bonds. The van der Waals surface area contributed by atoms with Gasteiger partial charge in [0.15, 0.2) is 0 Å². The summed E-state index contributed by atoms with van der Waals surface area (Å²) < 4.78 is 24.3. The molecule has 1 aliphatic heterocycles. The third kappa shape index (κ3) is 3.12. The summed E-state index contributed by atoms with van der Waals surface area (Å²) in [7, 11) is -3.58. The van der Waals surface area contributed by atoms with E-state index in [1.807, 2.05) is 4.90 Å². The average Bonchev–Trinajstić information content (AvgIpc) is 2.29. The Kier molecular flexibility index (Phi) is 3.61. The second kappa shape index (κ2) is 4.84. The molecule has 2 N–H and O–H groups in total. The molecule has 1 aromatic rings. The maximum atomic E-state index is 11.1. The molecule has 1 aromatic heterocycles. The largest absolute Gasteiger partial charge is 0.338 e. The molecule has 0 bridgehead atoms. The molecule has 1 fully saturated rings. The maximum Gasteiger partial charge on any atom is 0.277 e. The Balaban J connectivity index is 2.02. The van der Waals surface area contributed by atoms with E-state index < -0.39 is 10.2 Å². The molecule has 9 heteroatoms. The van der Waals surface area contributed by atoms with Crippen molar-refractivity contribution >= 4 is 32.1 Å². The predicted octanol–water partition coefficient (Wildman–Crippen LogP) is -0.435. The van der Waals surface area contributed by atoms with Crippen molar-refractivity contribution in [1.29, 1.82) is 0 Å². The molecule has 1 aliphatic rings. The molecule has 1 saturated heterocycles. The molecule has 94 valence electrons. The van der Waals surface area contributed by atoms with E-state index in [4.69, 9.17) is 5.14 Å². The molecule has 17 heavy (non-hydrogen) atoms. The number of piperazine rings is 1. The second-order valence-electron chi connectivity index (χ2n) is 3.63. The minimum atomic E-state index is -3.58. The molecule has 7 nitrogen and oxygen atoms in total. The Bertz CT molecular complexity index is 483. The van der Waals surface area contributed by atoms with E-state index in [0.29, 0.717) is 32.1 Å². The molecule has 0 radical (unpaired) electrons. The number of nitrogens with two attached hydrogens (primary N) is 1. The van der Waals surface area contributed by atoms with Gasteiger partial charge in [-0.25, -0.2) is 15.1 Å². The van der Waals surface area contributed by atoms with Crippen LogP contribution in [-0.2, 0) is 10.2 Å². The van der Waals surface area contributed by atoms with Crippen LogP contribution in [-0.4, -0.2) is 48.9 Å². The summed E-state index contributed by atoms with van der Waals surface area (Å²) in [5.74, 6) is 0.599. The number of anilines is 1. The maximum absolute atomic E-state index is 11.1. The third-order valence-corrected chi connectivity index (χ3v) is 3.98. The van der Waals surface area contributed by atoms with Crippen LogP contribution in [0, 0.1) is 0 Å². The van der Waals surface area contributed by atoms with Crippen LogP contribution in [0.25, 0.3) is 0 Å². The van der Waals surface area contributed by atoms with E-state index in [0.717, 1.165) is 4.47 Å². The molecule has 0 spiro atoms. The Labute approximate surface area is 108 Å². The van der Waals surface area contributed by atoms with Gasteiger partial charge >= 0.3 is 0 Å². The Morgan fingerprint density at radius 3 is 2.18 bits per heavy atom.